The van der Waals surface area contributed by atoms with Crippen LogP contribution in [0.15, 0.2) is 10.7 Å². The van der Waals surface area contributed by atoms with Gasteiger partial charge < -0.3 is 9.84 Å². The van der Waals surface area contributed by atoms with Crippen LogP contribution >= 0.6 is 15.9 Å². The molecule has 17 heavy (non-hydrogen) atoms. The zero-order chi connectivity index (χ0) is 13.1. The standard InChI is InChI=1S/C12H21BrN2O2/c1-5-12(4,17-7-3)11(16)10-9(13)8-14-15(10)6-2/h8,11,16H,5-7H2,1-4H3. The van der Waals surface area contributed by atoms with Crippen LogP contribution in [0, 0.1) is 0 Å². The Morgan fingerprint density at radius 2 is 2.18 bits per heavy atom. The number of hydrogen-bond acceptors (Lipinski definition) is 3. The molecule has 0 bridgehead atoms. The second-order valence-corrected chi connectivity index (χ2v) is 5.05. The van der Waals surface area contributed by atoms with Gasteiger partial charge in [-0.3, -0.25) is 4.68 Å². The first kappa shape index (κ1) is 14.7. The van der Waals surface area contributed by atoms with Gasteiger partial charge >= 0.3 is 0 Å². The summed E-state index contributed by atoms with van der Waals surface area (Å²) in [4.78, 5) is 0. The van der Waals surface area contributed by atoms with Crippen molar-refractivity contribution in [3.8, 4) is 0 Å². The smallest absolute Gasteiger partial charge is 0.125 e. The molecule has 0 amide bonds. The van der Waals surface area contributed by atoms with Crippen LogP contribution in [0.4, 0.5) is 0 Å². The summed E-state index contributed by atoms with van der Waals surface area (Å²) in [5.41, 5.74) is 0.204. The molecule has 0 fully saturated rings. The average molecular weight is 305 g/mol. The minimum Gasteiger partial charge on any atom is -0.384 e. The molecular weight excluding hydrogens is 284 g/mol. The Kier molecular flexibility index (Phi) is 5.16. The quantitative estimate of drug-likeness (QED) is 0.879. The third kappa shape index (κ3) is 2.89. The maximum absolute atomic E-state index is 10.5. The molecule has 2 unspecified atom stereocenters. The Bertz CT molecular complexity index is 367. The summed E-state index contributed by atoms with van der Waals surface area (Å²) >= 11 is 3.43. The Labute approximate surface area is 111 Å². The lowest BCUT2D eigenvalue weighted by Gasteiger charge is -2.33. The van der Waals surface area contributed by atoms with Crippen LogP contribution in [0.1, 0.15) is 45.9 Å². The molecule has 1 rings (SSSR count). The van der Waals surface area contributed by atoms with E-state index in [1.54, 1.807) is 10.9 Å². The molecule has 5 heteroatoms. The predicted molar refractivity (Wildman–Crippen MR) is 70.9 cm³/mol. The van der Waals surface area contributed by atoms with Crippen molar-refractivity contribution in [1.29, 1.82) is 0 Å². The molecular formula is C12H21BrN2O2. The van der Waals surface area contributed by atoms with E-state index in [-0.39, 0.29) is 0 Å². The minimum absolute atomic E-state index is 0.579. The average Bonchev–Trinajstić information content (AvgIpc) is 2.69. The lowest BCUT2D eigenvalue weighted by Crippen LogP contribution is -2.37. The summed E-state index contributed by atoms with van der Waals surface area (Å²) < 4.78 is 8.33. The molecule has 0 spiro atoms. The molecule has 1 aromatic heterocycles. The lowest BCUT2D eigenvalue weighted by molar-refractivity contribution is -0.116. The third-order valence-corrected chi connectivity index (χ3v) is 3.76. The van der Waals surface area contributed by atoms with Gasteiger partial charge in [0, 0.05) is 13.2 Å². The highest BCUT2D eigenvalue weighted by Gasteiger charge is 2.36. The fraction of sp³-hybridized carbons (Fsp3) is 0.750. The minimum atomic E-state index is -0.690. The maximum atomic E-state index is 10.5. The van der Waals surface area contributed by atoms with Gasteiger partial charge in [-0.1, -0.05) is 6.92 Å². The largest absolute Gasteiger partial charge is 0.384 e. The van der Waals surface area contributed by atoms with Gasteiger partial charge in [0.25, 0.3) is 0 Å². The number of rotatable bonds is 6. The number of hydrogen-bond donors (Lipinski definition) is 1. The zero-order valence-corrected chi connectivity index (χ0v) is 12.5. The number of halogens is 1. The first-order valence-corrected chi connectivity index (χ1v) is 6.82. The van der Waals surface area contributed by atoms with Crippen molar-refractivity contribution in [2.75, 3.05) is 6.61 Å². The van der Waals surface area contributed by atoms with E-state index in [0.717, 1.165) is 23.1 Å². The predicted octanol–water partition coefficient (Wildman–Crippen LogP) is 2.90. The third-order valence-electron chi connectivity index (χ3n) is 3.15. The first-order valence-electron chi connectivity index (χ1n) is 6.03. The topological polar surface area (TPSA) is 47.3 Å². The summed E-state index contributed by atoms with van der Waals surface area (Å²) in [6.45, 7) is 9.19. The van der Waals surface area contributed by atoms with Gasteiger partial charge in [-0.05, 0) is 43.1 Å². The summed E-state index contributed by atoms with van der Waals surface area (Å²) in [7, 11) is 0. The molecule has 0 aliphatic heterocycles. The van der Waals surface area contributed by atoms with Crippen LogP contribution in [0.25, 0.3) is 0 Å². The number of aryl methyl sites for hydroxylation is 1. The molecule has 0 aromatic carbocycles. The summed E-state index contributed by atoms with van der Waals surface area (Å²) in [5.74, 6) is 0. The molecule has 1 aromatic rings. The van der Waals surface area contributed by atoms with Gasteiger partial charge in [-0.25, -0.2) is 0 Å². The van der Waals surface area contributed by atoms with Gasteiger partial charge in [0.1, 0.15) is 6.10 Å². The fourth-order valence-corrected chi connectivity index (χ4v) is 2.40. The Hall–Kier alpha value is -0.390. The summed E-state index contributed by atoms with van der Waals surface area (Å²) in [6.07, 6.45) is 1.76. The van der Waals surface area contributed by atoms with E-state index >= 15 is 0 Å². The van der Waals surface area contributed by atoms with Crippen molar-refractivity contribution >= 4 is 15.9 Å². The van der Waals surface area contributed by atoms with Gasteiger partial charge in [-0.15, -0.1) is 0 Å². The SMILES string of the molecule is CCOC(C)(CC)C(O)c1c(Br)cnn1CC. The second kappa shape index (κ2) is 5.98. The normalized spacial score (nSPS) is 16.8. The number of aromatic nitrogens is 2. The Morgan fingerprint density at radius 1 is 1.53 bits per heavy atom. The highest BCUT2D eigenvalue weighted by Crippen LogP contribution is 2.35. The molecule has 0 aliphatic rings. The van der Waals surface area contributed by atoms with Crippen LogP contribution < -0.4 is 0 Å². The highest BCUT2D eigenvalue weighted by molar-refractivity contribution is 9.10. The Morgan fingerprint density at radius 3 is 2.65 bits per heavy atom. The van der Waals surface area contributed by atoms with Crippen LogP contribution in [0.3, 0.4) is 0 Å². The molecule has 1 heterocycles. The van der Waals surface area contributed by atoms with Crippen LogP contribution in [0.5, 0.6) is 0 Å². The van der Waals surface area contributed by atoms with E-state index in [1.807, 2.05) is 27.7 Å². The van der Waals surface area contributed by atoms with E-state index in [2.05, 4.69) is 21.0 Å². The van der Waals surface area contributed by atoms with Gasteiger partial charge in [-0.2, -0.15) is 5.10 Å². The first-order chi connectivity index (χ1) is 8.00. The molecule has 4 nitrogen and oxygen atoms in total. The van der Waals surface area contributed by atoms with Gasteiger partial charge in [0.2, 0.25) is 0 Å². The van der Waals surface area contributed by atoms with Crippen LogP contribution in [0.2, 0.25) is 0 Å². The maximum Gasteiger partial charge on any atom is 0.125 e. The second-order valence-electron chi connectivity index (χ2n) is 4.20. The van der Waals surface area contributed by atoms with E-state index < -0.39 is 11.7 Å². The molecule has 0 aliphatic carbocycles. The molecule has 1 N–H and O–H groups in total. The van der Waals surface area contributed by atoms with Gasteiger partial charge in [0.15, 0.2) is 0 Å². The molecule has 98 valence electrons. The zero-order valence-electron chi connectivity index (χ0n) is 10.9. The van der Waals surface area contributed by atoms with Crippen molar-refractivity contribution in [3.05, 3.63) is 16.4 Å². The van der Waals surface area contributed by atoms with Crippen molar-refractivity contribution < 1.29 is 9.84 Å². The summed E-state index contributed by atoms with van der Waals surface area (Å²) in [5, 5.41) is 14.8. The van der Waals surface area contributed by atoms with E-state index in [0.29, 0.717) is 6.61 Å². The van der Waals surface area contributed by atoms with Crippen molar-refractivity contribution in [2.45, 2.75) is 52.4 Å². The highest BCUT2D eigenvalue weighted by atomic mass is 79.9. The van der Waals surface area contributed by atoms with Crippen molar-refractivity contribution in [2.24, 2.45) is 0 Å². The molecule has 0 saturated heterocycles. The molecule has 0 radical (unpaired) electrons. The fourth-order valence-electron chi connectivity index (χ4n) is 1.89. The van der Waals surface area contributed by atoms with E-state index in [9.17, 15) is 5.11 Å². The molecule has 0 saturated carbocycles. The lowest BCUT2D eigenvalue weighted by atomic mass is 9.93. The van der Waals surface area contributed by atoms with Crippen LogP contribution in [-0.2, 0) is 11.3 Å². The number of aliphatic hydroxyl groups is 1. The van der Waals surface area contributed by atoms with Crippen molar-refractivity contribution in [1.82, 2.24) is 9.78 Å². The Balaban J connectivity index is 3.08. The number of nitrogens with zero attached hydrogens (tertiary/aromatic N) is 2. The van der Waals surface area contributed by atoms with Crippen LogP contribution in [-0.4, -0.2) is 27.1 Å². The van der Waals surface area contributed by atoms with Crippen molar-refractivity contribution in [3.63, 3.8) is 0 Å². The number of aliphatic hydroxyl groups excluding tert-OH is 1. The monoisotopic (exact) mass is 304 g/mol. The van der Waals surface area contributed by atoms with Gasteiger partial charge in [0.05, 0.1) is 22.0 Å². The van der Waals surface area contributed by atoms with E-state index in [4.69, 9.17) is 4.74 Å². The molecule has 2 atom stereocenters. The number of ether oxygens (including phenoxy) is 1. The van der Waals surface area contributed by atoms with E-state index in [1.165, 1.54) is 0 Å². The summed E-state index contributed by atoms with van der Waals surface area (Å²) in [6, 6.07) is 0.